The second kappa shape index (κ2) is 4.14. The Bertz CT molecular complexity index is 313. The molecule has 0 aromatic rings. The highest BCUT2D eigenvalue weighted by Crippen LogP contribution is 2.31. The molecule has 2 N–H and O–H groups in total. The molecule has 5 heteroatoms. The summed E-state index contributed by atoms with van der Waals surface area (Å²) in [6.07, 6.45) is 0.931. The van der Waals surface area contributed by atoms with Crippen LogP contribution in [0.5, 0.6) is 0 Å². The molecule has 0 aliphatic carbocycles. The minimum absolute atomic E-state index is 0.282. The fourth-order valence-electron chi connectivity index (χ4n) is 2.58. The van der Waals surface area contributed by atoms with Gasteiger partial charge in [0.2, 0.25) is 0 Å². The summed E-state index contributed by atoms with van der Waals surface area (Å²) in [5.74, 6) is 0. The quantitative estimate of drug-likeness (QED) is 0.657. The molecule has 5 nitrogen and oxygen atoms in total. The molecule has 2 fully saturated rings. The van der Waals surface area contributed by atoms with Crippen LogP contribution in [0.25, 0.3) is 0 Å². The van der Waals surface area contributed by atoms with Crippen LogP contribution in [-0.4, -0.2) is 53.0 Å². The first-order valence-corrected chi connectivity index (χ1v) is 6.23. The Morgan fingerprint density at radius 3 is 2.76 bits per heavy atom. The Kier molecular flexibility index (Phi) is 3.08. The standard InChI is InChI=1S/C12H22N2O3/c1-11(2,3)17-10(16)14-7-5-12(8-14)9(15)4-6-13-12/h9,13,15H,4-8H2,1-3H3. The average molecular weight is 242 g/mol. The molecule has 2 saturated heterocycles. The number of hydrogen-bond donors (Lipinski definition) is 2. The van der Waals surface area contributed by atoms with E-state index in [2.05, 4.69) is 5.32 Å². The molecular weight excluding hydrogens is 220 g/mol. The normalized spacial score (nSPS) is 33.4. The molecule has 0 bridgehead atoms. The van der Waals surface area contributed by atoms with E-state index in [1.807, 2.05) is 20.8 Å². The lowest BCUT2D eigenvalue weighted by Crippen LogP contribution is -2.50. The third-order valence-electron chi connectivity index (χ3n) is 3.49. The van der Waals surface area contributed by atoms with Crippen molar-refractivity contribution in [3.63, 3.8) is 0 Å². The van der Waals surface area contributed by atoms with Crippen molar-refractivity contribution in [3.05, 3.63) is 0 Å². The highest BCUT2D eigenvalue weighted by molar-refractivity contribution is 5.68. The zero-order chi connectivity index (χ0) is 12.7. The zero-order valence-electron chi connectivity index (χ0n) is 10.8. The summed E-state index contributed by atoms with van der Waals surface area (Å²) in [4.78, 5) is 13.6. The van der Waals surface area contributed by atoms with Crippen molar-refractivity contribution in [2.45, 2.75) is 50.9 Å². The van der Waals surface area contributed by atoms with E-state index < -0.39 is 5.60 Å². The second-order valence-corrected chi connectivity index (χ2v) is 6.04. The van der Waals surface area contributed by atoms with Crippen LogP contribution in [0.1, 0.15) is 33.6 Å². The monoisotopic (exact) mass is 242 g/mol. The number of hydrogen-bond acceptors (Lipinski definition) is 4. The Hall–Kier alpha value is -0.810. The van der Waals surface area contributed by atoms with Crippen LogP contribution in [0, 0.1) is 0 Å². The number of likely N-dealkylation sites (tertiary alicyclic amines) is 1. The van der Waals surface area contributed by atoms with Gasteiger partial charge in [0.25, 0.3) is 0 Å². The number of ether oxygens (including phenoxy) is 1. The van der Waals surface area contributed by atoms with Gasteiger partial charge in [0.05, 0.1) is 11.6 Å². The molecule has 2 rings (SSSR count). The van der Waals surface area contributed by atoms with Gasteiger partial charge in [-0.05, 0) is 40.2 Å². The minimum atomic E-state index is -0.464. The number of aliphatic hydroxyl groups excluding tert-OH is 1. The number of carbonyl (C=O) groups excluding carboxylic acids is 1. The van der Waals surface area contributed by atoms with Crippen molar-refractivity contribution in [2.24, 2.45) is 0 Å². The first kappa shape index (κ1) is 12.6. The molecule has 0 radical (unpaired) electrons. The molecule has 0 aromatic carbocycles. The van der Waals surface area contributed by atoms with E-state index in [1.165, 1.54) is 0 Å². The number of nitrogens with zero attached hydrogens (tertiary/aromatic N) is 1. The van der Waals surface area contributed by atoms with Gasteiger partial charge >= 0.3 is 6.09 Å². The van der Waals surface area contributed by atoms with E-state index >= 15 is 0 Å². The molecule has 2 unspecified atom stereocenters. The molecule has 2 atom stereocenters. The fourth-order valence-corrected chi connectivity index (χ4v) is 2.58. The minimum Gasteiger partial charge on any atom is -0.444 e. The molecular formula is C12H22N2O3. The third-order valence-corrected chi connectivity index (χ3v) is 3.49. The van der Waals surface area contributed by atoms with Crippen LogP contribution in [0.2, 0.25) is 0 Å². The fraction of sp³-hybridized carbons (Fsp3) is 0.917. The largest absolute Gasteiger partial charge is 0.444 e. The van der Waals surface area contributed by atoms with Crippen LogP contribution in [0.15, 0.2) is 0 Å². The number of aliphatic hydroxyl groups is 1. The molecule has 1 amide bonds. The van der Waals surface area contributed by atoms with Gasteiger partial charge in [-0.3, -0.25) is 0 Å². The van der Waals surface area contributed by atoms with Crippen molar-refractivity contribution in [1.29, 1.82) is 0 Å². The maximum atomic E-state index is 11.9. The van der Waals surface area contributed by atoms with Gasteiger partial charge in [-0.25, -0.2) is 4.79 Å². The maximum Gasteiger partial charge on any atom is 0.410 e. The Morgan fingerprint density at radius 1 is 1.53 bits per heavy atom. The van der Waals surface area contributed by atoms with E-state index in [0.717, 1.165) is 19.4 Å². The lowest BCUT2D eigenvalue weighted by atomic mass is 9.94. The Balaban J connectivity index is 1.96. The van der Waals surface area contributed by atoms with E-state index in [-0.39, 0.29) is 17.7 Å². The second-order valence-electron chi connectivity index (χ2n) is 6.04. The number of carbonyl (C=O) groups is 1. The third kappa shape index (κ3) is 2.55. The van der Waals surface area contributed by atoms with Gasteiger partial charge in [0.1, 0.15) is 5.60 Å². The lowest BCUT2D eigenvalue weighted by molar-refractivity contribution is 0.0258. The Morgan fingerprint density at radius 2 is 2.24 bits per heavy atom. The van der Waals surface area contributed by atoms with Gasteiger partial charge in [-0.2, -0.15) is 0 Å². The van der Waals surface area contributed by atoms with Gasteiger partial charge < -0.3 is 20.1 Å². The summed E-state index contributed by atoms with van der Waals surface area (Å²) < 4.78 is 5.34. The number of rotatable bonds is 0. The molecule has 2 aliphatic heterocycles. The van der Waals surface area contributed by atoms with E-state index in [4.69, 9.17) is 4.74 Å². The van der Waals surface area contributed by atoms with Crippen LogP contribution in [0.3, 0.4) is 0 Å². The number of nitrogens with one attached hydrogen (secondary N) is 1. The summed E-state index contributed by atoms with van der Waals surface area (Å²) in [5.41, 5.74) is -0.758. The van der Waals surface area contributed by atoms with Crippen LogP contribution >= 0.6 is 0 Å². The zero-order valence-corrected chi connectivity index (χ0v) is 10.8. The van der Waals surface area contributed by atoms with Gasteiger partial charge in [-0.1, -0.05) is 0 Å². The predicted octanol–water partition coefficient (Wildman–Crippen LogP) is 0.720. The number of amides is 1. The highest BCUT2D eigenvalue weighted by atomic mass is 16.6. The molecule has 98 valence electrons. The average Bonchev–Trinajstić information content (AvgIpc) is 2.74. The van der Waals surface area contributed by atoms with Crippen molar-refractivity contribution < 1.29 is 14.6 Å². The van der Waals surface area contributed by atoms with Gasteiger partial charge in [0, 0.05) is 13.1 Å². The van der Waals surface area contributed by atoms with Crippen molar-refractivity contribution in [2.75, 3.05) is 19.6 Å². The summed E-state index contributed by atoms with van der Waals surface area (Å²) in [6.45, 7) is 7.60. The molecule has 0 saturated carbocycles. The molecule has 2 aliphatic rings. The lowest BCUT2D eigenvalue weighted by Gasteiger charge is -2.29. The van der Waals surface area contributed by atoms with Crippen molar-refractivity contribution in [1.82, 2.24) is 10.2 Å². The molecule has 17 heavy (non-hydrogen) atoms. The van der Waals surface area contributed by atoms with Crippen LogP contribution < -0.4 is 5.32 Å². The van der Waals surface area contributed by atoms with Crippen LogP contribution in [-0.2, 0) is 4.74 Å². The highest BCUT2D eigenvalue weighted by Gasteiger charge is 2.48. The van der Waals surface area contributed by atoms with E-state index in [0.29, 0.717) is 13.1 Å². The van der Waals surface area contributed by atoms with E-state index in [1.54, 1.807) is 4.90 Å². The summed E-state index contributed by atoms with van der Waals surface area (Å²) in [5, 5.41) is 13.3. The first-order chi connectivity index (χ1) is 7.82. The topological polar surface area (TPSA) is 61.8 Å². The SMILES string of the molecule is CC(C)(C)OC(=O)N1CCC2(C1)NCCC2O. The first-order valence-electron chi connectivity index (χ1n) is 6.23. The molecule has 0 aromatic heterocycles. The molecule has 2 heterocycles. The van der Waals surface area contributed by atoms with Gasteiger partial charge in [-0.15, -0.1) is 0 Å². The summed E-state index contributed by atoms with van der Waals surface area (Å²) in [6, 6.07) is 0. The van der Waals surface area contributed by atoms with Gasteiger partial charge in [0.15, 0.2) is 0 Å². The molecule has 1 spiro atoms. The Labute approximate surface area is 102 Å². The van der Waals surface area contributed by atoms with Crippen LogP contribution in [0.4, 0.5) is 4.79 Å². The van der Waals surface area contributed by atoms with Crippen molar-refractivity contribution in [3.8, 4) is 0 Å². The predicted molar refractivity (Wildman–Crippen MR) is 63.8 cm³/mol. The van der Waals surface area contributed by atoms with Crippen molar-refractivity contribution >= 4 is 6.09 Å². The summed E-state index contributed by atoms with van der Waals surface area (Å²) in [7, 11) is 0. The smallest absolute Gasteiger partial charge is 0.410 e. The van der Waals surface area contributed by atoms with E-state index in [9.17, 15) is 9.90 Å². The maximum absolute atomic E-state index is 11.9. The summed E-state index contributed by atoms with van der Waals surface area (Å²) >= 11 is 0.